The number of hydrogen-bond donors (Lipinski definition) is 1. The Labute approximate surface area is 236 Å². The maximum atomic E-state index is 13.9. The smallest absolute Gasteiger partial charge is 0.271 e. The van der Waals surface area contributed by atoms with E-state index in [0.29, 0.717) is 6.54 Å². The van der Waals surface area contributed by atoms with Crippen LogP contribution >= 0.6 is 15.9 Å². The maximum absolute atomic E-state index is 13.9. The number of halogens is 1. The van der Waals surface area contributed by atoms with Crippen molar-refractivity contribution in [1.82, 2.24) is 10.2 Å². The van der Waals surface area contributed by atoms with Gasteiger partial charge in [0.15, 0.2) is 0 Å². The second kappa shape index (κ2) is 13.3. The number of hydrogen-bond acceptors (Lipinski definition) is 6. The molecule has 1 unspecified atom stereocenters. The Kier molecular flexibility index (Phi) is 10.2. The van der Waals surface area contributed by atoms with Gasteiger partial charge >= 0.3 is 0 Å². The van der Waals surface area contributed by atoms with Crippen LogP contribution < -0.4 is 9.62 Å². The molecule has 3 aromatic carbocycles. The van der Waals surface area contributed by atoms with Crippen LogP contribution in [0.3, 0.4) is 0 Å². The number of amides is 2. The van der Waals surface area contributed by atoms with Crippen LogP contribution in [0.15, 0.2) is 83.3 Å². The van der Waals surface area contributed by atoms with E-state index in [1.807, 2.05) is 42.5 Å². The van der Waals surface area contributed by atoms with Crippen molar-refractivity contribution in [2.75, 3.05) is 23.7 Å². The number of non-ortho nitro benzene ring substituents is 1. The van der Waals surface area contributed by atoms with Gasteiger partial charge in [-0.2, -0.15) is 0 Å². The molecule has 0 aliphatic rings. The third-order valence-corrected chi connectivity index (χ3v) is 7.57. The van der Waals surface area contributed by atoms with Crippen molar-refractivity contribution in [3.63, 3.8) is 0 Å². The number of benzene rings is 3. The van der Waals surface area contributed by atoms with E-state index in [1.165, 1.54) is 23.1 Å². The van der Waals surface area contributed by atoms with Gasteiger partial charge < -0.3 is 10.2 Å². The van der Waals surface area contributed by atoms with Crippen LogP contribution in [-0.4, -0.2) is 55.4 Å². The highest BCUT2D eigenvalue weighted by Crippen LogP contribution is 2.24. The molecule has 0 saturated heterocycles. The zero-order valence-electron chi connectivity index (χ0n) is 21.5. The minimum atomic E-state index is -4.03. The summed E-state index contributed by atoms with van der Waals surface area (Å²) in [7, 11) is -4.03. The molecule has 206 valence electrons. The van der Waals surface area contributed by atoms with Crippen molar-refractivity contribution in [2.45, 2.75) is 25.9 Å². The molecule has 0 aromatic heterocycles. The SMILES string of the molecule is CCNC(=O)C(Cc1ccccc1)N(Cc1ccc(Br)cc1)C(=O)CN(c1cccc([N+](=O)[O-])c1)S(C)(=O)=O. The van der Waals surface area contributed by atoms with Crippen LogP contribution in [0.1, 0.15) is 18.1 Å². The number of nitro benzene ring substituents is 1. The molecule has 1 atom stereocenters. The molecule has 10 nitrogen and oxygen atoms in total. The van der Waals surface area contributed by atoms with Crippen molar-refractivity contribution >= 4 is 49.1 Å². The highest BCUT2D eigenvalue weighted by molar-refractivity contribution is 9.10. The van der Waals surface area contributed by atoms with Crippen LogP contribution in [0.25, 0.3) is 0 Å². The first-order chi connectivity index (χ1) is 18.5. The number of nitro groups is 1. The zero-order valence-corrected chi connectivity index (χ0v) is 23.9. The second-order valence-corrected chi connectivity index (χ2v) is 11.6. The van der Waals surface area contributed by atoms with Gasteiger partial charge in [0, 0.05) is 36.1 Å². The van der Waals surface area contributed by atoms with Crippen molar-refractivity contribution in [2.24, 2.45) is 0 Å². The van der Waals surface area contributed by atoms with E-state index in [2.05, 4.69) is 21.2 Å². The minimum Gasteiger partial charge on any atom is -0.355 e. The number of anilines is 1. The molecular formula is C27H29BrN4O6S. The monoisotopic (exact) mass is 616 g/mol. The van der Waals surface area contributed by atoms with Crippen LogP contribution in [0, 0.1) is 10.1 Å². The molecule has 0 fully saturated rings. The molecule has 2 amide bonds. The first kappa shape index (κ1) is 29.8. The fourth-order valence-corrected chi connectivity index (χ4v) is 5.11. The quantitative estimate of drug-likeness (QED) is 0.243. The fourth-order valence-electron chi connectivity index (χ4n) is 4.01. The summed E-state index contributed by atoms with van der Waals surface area (Å²) in [6, 6.07) is 20.5. The molecular weight excluding hydrogens is 588 g/mol. The lowest BCUT2D eigenvalue weighted by Gasteiger charge is -2.33. The van der Waals surface area contributed by atoms with Gasteiger partial charge in [-0.05, 0) is 36.2 Å². The van der Waals surface area contributed by atoms with Gasteiger partial charge in [0.05, 0.1) is 16.9 Å². The molecule has 1 N–H and O–H groups in total. The minimum absolute atomic E-state index is 0.0266. The lowest BCUT2D eigenvalue weighted by molar-refractivity contribution is -0.384. The molecule has 0 radical (unpaired) electrons. The molecule has 39 heavy (non-hydrogen) atoms. The van der Waals surface area contributed by atoms with Gasteiger partial charge in [0.2, 0.25) is 21.8 Å². The molecule has 0 saturated carbocycles. The molecule has 0 heterocycles. The first-order valence-corrected chi connectivity index (χ1v) is 14.7. The number of rotatable bonds is 12. The number of nitrogens with one attached hydrogen (secondary N) is 1. The summed E-state index contributed by atoms with van der Waals surface area (Å²) in [6.07, 6.45) is 1.12. The third-order valence-electron chi connectivity index (χ3n) is 5.90. The van der Waals surface area contributed by atoms with Gasteiger partial charge in [-0.1, -0.05) is 64.5 Å². The van der Waals surface area contributed by atoms with Gasteiger partial charge in [0.25, 0.3) is 5.69 Å². The largest absolute Gasteiger partial charge is 0.355 e. The van der Waals surface area contributed by atoms with Crippen molar-refractivity contribution < 1.29 is 22.9 Å². The predicted molar refractivity (Wildman–Crippen MR) is 153 cm³/mol. The van der Waals surface area contributed by atoms with E-state index < -0.39 is 33.4 Å². The highest BCUT2D eigenvalue weighted by atomic mass is 79.9. The molecule has 12 heteroatoms. The van der Waals surface area contributed by atoms with Crippen molar-refractivity contribution in [3.8, 4) is 0 Å². The Balaban J connectivity index is 2.05. The van der Waals surface area contributed by atoms with E-state index in [4.69, 9.17) is 0 Å². The van der Waals surface area contributed by atoms with Crippen molar-refractivity contribution in [1.29, 1.82) is 0 Å². The van der Waals surface area contributed by atoms with Crippen LogP contribution in [-0.2, 0) is 32.6 Å². The number of carbonyl (C=O) groups is 2. The fraction of sp³-hybridized carbons (Fsp3) is 0.259. The van der Waals surface area contributed by atoms with Gasteiger partial charge in [-0.25, -0.2) is 8.42 Å². The summed E-state index contributed by atoms with van der Waals surface area (Å²) in [4.78, 5) is 39.2. The Morgan fingerprint density at radius 1 is 1.00 bits per heavy atom. The van der Waals surface area contributed by atoms with Crippen LogP contribution in [0.5, 0.6) is 0 Å². The first-order valence-electron chi connectivity index (χ1n) is 12.1. The number of sulfonamides is 1. The van der Waals surface area contributed by atoms with Crippen LogP contribution in [0.2, 0.25) is 0 Å². The Bertz CT molecular complexity index is 1420. The Hall–Kier alpha value is -3.77. The summed E-state index contributed by atoms with van der Waals surface area (Å²) in [5.74, 6) is -1.02. The average Bonchev–Trinajstić information content (AvgIpc) is 2.90. The van der Waals surface area contributed by atoms with E-state index in [9.17, 15) is 28.1 Å². The molecule has 0 aliphatic carbocycles. The summed E-state index contributed by atoms with van der Waals surface area (Å²) < 4.78 is 27.2. The number of nitrogens with zero attached hydrogens (tertiary/aromatic N) is 3. The second-order valence-electron chi connectivity index (χ2n) is 8.79. The maximum Gasteiger partial charge on any atom is 0.271 e. The zero-order chi connectivity index (χ0) is 28.6. The molecule has 0 spiro atoms. The van der Waals surface area contributed by atoms with Gasteiger partial charge in [-0.15, -0.1) is 0 Å². The summed E-state index contributed by atoms with van der Waals surface area (Å²) in [5, 5.41) is 14.1. The predicted octanol–water partition coefficient (Wildman–Crippen LogP) is 3.90. The molecule has 0 bridgehead atoms. The Morgan fingerprint density at radius 3 is 2.26 bits per heavy atom. The normalized spacial score (nSPS) is 11.9. The lowest BCUT2D eigenvalue weighted by atomic mass is 10.0. The number of likely N-dealkylation sites (N-methyl/N-ethyl adjacent to an activating group) is 1. The molecule has 3 aromatic rings. The van der Waals surface area contributed by atoms with Crippen molar-refractivity contribution in [3.05, 3.63) is 105 Å². The van der Waals surface area contributed by atoms with Gasteiger partial charge in [0.1, 0.15) is 12.6 Å². The van der Waals surface area contributed by atoms with E-state index in [1.54, 1.807) is 19.1 Å². The summed E-state index contributed by atoms with van der Waals surface area (Å²) in [6.45, 7) is 1.49. The Morgan fingerprint density at radius 2 is 1.67 bits per heavy atom. The topological polar surface area (TPSA) is 130 Å². The highest BCUT2D eigenvalue weighted by Gasteiger charge is 2.33. The molecule has 0 aliphatic heterocycles. The third kappa shape index (κ3) is 8.36. The summed E-state index contributed by atoms with van der Waals surface area (Å²) >= 11 is 3.39. The average molecular weight is 618 g/mol. The lowest BCUT2D eigenvalue weighted by Crippen LogP contribution is -2.53. The van der Waals surface area contributed by atoms with Crippen LogP contribution in [0.4, 0.5) is 11.4 Å². The van der Waals surface area contributed by atoms with E-state index >= 15 is 0 Å². The number of carbonyl (C=O) groups excluding carboxylic acids is 2. The standard InChI is InChI=1S/C27H29BrN4O6S/c1-3-29-27(34)25(16-20-8-5-4-6-9-20)30(18-21-12-14-22(28)15-13-21)26(33)19-31(39(2,37)38)23-10-7-11-24(17-23)32(35)36/h4-15,17,25H,3,16,18-19H2,1-2H3,(H,29,34). The van der Waals surface area contributed by atoms with Gasteiger partial charge in [-0.3, -0.25) is 24.0 Å². The summed E-state index contributed by atoms with van der Waals surface area (Å²) in [5.41, 5.74) is 1.21. The van der Waals surface area contributed by atoms with E-state index in [-0.39, 0.29) is 30.2 Å². The van der Waals surface area contributed by atoms with E-state index in [0.717, 1.165) is 32.2 Å². The molecule has 3 rings (SSSR count).